The number of aliphatic hydroxyl groups is 2. The highest BCUT2D eigenvalue weighted by Gasteiger charge is 2.41. The van der Waals surface area contributed by atoms with Crippen LogP contribution in [0.2, 0.25) is 0 Å². The highest BCUT2D eigenvalue weighted by atomic mass is 32.2. The number of nitrogens with zero attached hydrogens (tertiary/aromatic N) is 2. The van der Waals surface area contributed by atoms with Crippen molar-refractivity contribution >= 4 is 147 Å². The molecule has 0 spiro atoms. The van der Waals surface area contributed by atoms with E-state index in [1.54, 1.807) is 13.8 Å². The van der Waals surface area contributed by atoms with Crippen LogP contribution in [0.15, 0.2) is 57.3 Å². The SMILES string of the molecule is CCCSC1=C(SCCO)C(=O)c2ccc(NC(=O)CCCN3C(=O)CC(SCC(NC(=O)CNC(=O)C(CC(C)C)NC(=O)C(CCCN=C(N)N)NC(=O)C(CCC(N)=O)NC(=O)C(Cc4ccc(O)cc4)NC(=O)C(CC(=O)O)NC(=O)C(CO)NC(=O)C(C)NC(=O)CN)C(=O)O)C3=O)cc2C1=O. The highest BCUT2D eigenvalue weighted by Crippen LogP contribution is 2.39. The Morgan fingerprint density at radius 1 is 0.626 bits per heavy atom. The average molecular weight is 1560 g/mol. The van der Waals surface area contributed by atoms with Gasteiger partial charge in [-0.3, -0.25) is 86.6 Å². The van der Waals surface area contributed by atoms with Crippen molar-refractivity contribution in [2.75, 3.05) is 62.0 Å². The van der Waals surface area contributed by atoms with Crippen LogP contribution in [0, 0.1) is 5.92 Å². The van der Waals surface area contributed by atoms with Crippen molar-refractivity contribution in [2.45, 2.75) is 152 Å². The van der Waals surface area contributed by atoms with Gasteiger partial charge in [-0.2, -0.15) is 0 Å². The van der Waals surface area contributed by atoms with Gasteiger partial charge in [-0.05, 0) is 93.0 Å². The second kappa shape index (κ2) is 44.7. The van der Waals surface area contributed by atoms with Crippen LogP contribution in [0.1, 0.15) is 118 Å². The number of likely N-dealkylation sites (tertiary alicyclic amines) is 1. The number of Topliss-reactive ketones (excluding diaryl/α,β-unsaturated/α-hetero) is 2. The van der Waals surface area contributed by atoms with Gasteiger partial charge in [0, 0.05) is 67.1 Å². The van der Waals surface area contributed by atoms with E-state index >= 15 is 0 Å². The number of aromatic hydroxyl groups is 1. The van der Waals surface area contributed by atoms with Crippen LogP contribution in [-0.2, 0) is 78.3 Å². The summed E-state index contributed by atoms with van der Waals surface area (Å²) in [6.07, 6.45) is -2.98. The van der Waals surface area contributed by atoms with Gasteiger partial charge in [0.25, 0.3) is 0 Å². The monoisotopic (exact) mass is 1560 g/mol. The van der Waals surface area contributed by atoms with Crippen LogP contribution < -0.4 is 76.1 Å². The van der Waals surface area contributed by atoms with Crippen LogP contribution >= 0.6 is 35.3 Å². The number of benzene rings is 2. The zero-order valence-corrected chi connectivity index (χ0v) is 61.5. The van der Waals surface area contributed by atoms with Gasteiger partial charge in [-0.1, -0.05) is 32.9 Å². The molecule has 9 unspecified atom stereocenters. The molecule has 0 aromatic heterocycles. The number of allylic oxidation sites excluding steroid dienone is 2. The number of carbonyl (C=O) groups excluding carboxylic acids is 15. The molecule has 1 fully saturated rings. The molecule has 1 aliphatic carbocycles. The third-order valence-electron chi connectivity index (χ3n) is 15.7. The number of imide groups is 1. The maximum atomic E-state index is 14.4. The number of carboxylic acid groups (broad SMARTS) is 2. The molecule has 4 rings (SSSR count). The van der Waals surface area contributed by atoms with Crippen molar-refractivity contribution in [1.82, 2.24) is 52.8 Å². The van der Waals surface area contributed by atoms with Crippen molar-refractivity contribution in [1.29, 1.82) is 0 Å². The lowest BCUT2D eigenvalue weighted by molar-refractivity contribution is -0.142. The number of primary amides is 1. The molecule has 586 valence electrons. The van der Waals surface area contributed by atoms with Crippen LogP contribution in [0.3, 0.4) is 0 Å². The molecule has 1 saturated heterocycles. The first-order valence-corrected chi connectivity index (χ1v) is 36.8. The zero-order valence-electron chi connectivity index (χ0n) is 59.1. The van der Waals surface area contributed by atoms with Crippen molar-refractivity contribution < 1.29 is 107 Å². The number of phenols is 1. The van der Waals surface area contributed by atoms with Gasteiger partial charge in [0.1, 0.15) is 54.1 Å². The number of ketones is 2. The van der Waals surface area contributed by atoms with Gasteiger partial charge < -0.3 is 102 Å². The standard InChI is InChI=1S/C66H92N16O22S3/c1-5-21-105-56-54(94)38-25-35(12-15-37(38)53(93)55(56)106-22-20-83)74-48(87)9-7-19-82-51(90)27-46(64(82)102)107-31-45(65(103)104)75-50(89)29-72-58(96)41(23-32(2)3)78-59(97)39(8-6-18-71-66(69)70)76-60(98)40(16-17-47(68)86)77-61(99)42(24-34-10-13-36(85)14-11-34)79-62(100)43(26-52(91)92)80-63(101)44(30-84)81-57(95)33(4)73-49(88)28-67/h10-15,25,32-33,39-46,83-85H,5-9,16-24,26-31,67H2,1-4H3,(H2,68,86)(H,72,96)(H,73,88)(H,74,87)(H,75,89)(H,76,98)(H,77,99)(H,78,97)(H,79,100)(H,80,101)(H,81,95)(H,91,92)(H,103,104)(H4,69,70,71). The third kappa shape index (κ3) is 29.6. The Kier molecular flexibility index (Phi) is 37.2. The lowest BCUT2D eigenvalue weighted by Crippen LogP contribution is -2.61. The number of thioether (sulfide) groups is 3. The topological polar surface area (TPSA) is 631 Å². The van der Waals surface area contributed by atoms with E-state index in [0.29, 0.717) is 5.75 Å². The van der Waals surface area contributed by atoms with E-state index in [1.807, 2.05) is 6.92 Å². The molecular weight excluding hydrogens is 1470 g/mol. The number of aliphatic carboxylic acids is 2. The molecular formula is C66H92N16O22S3. The van der Waals surface area contributed by atoms with Crippen LogP contribution in [0.25, 0.3) is 0 Å². The normalized spacial score (nSPS) is 15.5. The van der Waals surface area contributed by atoms with Crippen molar-refractivity contribution in [2.24, 2.45) is 33.8 Å². The molecule has 0 bridgehead atoms. The van der Waals surface area contributed by atoms with E-state index in [0.717, 1.165) is 34.8 Å². The number of nitrogens with one attached hydrogen (secondary N) is 10. The fourth-order valence-electron chi connectivity index (χ4n) is 10.3. The molecule has 2 aromatic rings. The fraction of sp³-hybridized carbons (Fsp3) is 0.515. The summed E-state index contributed by atoms with van der Waals surface area (Å²) in [5.74, 6) is -17.1. The molecule has 2 aliphatic rings. The van der Waals surface area contributed by atoms with Gasteiger partial charge in [0.2, 0.25) is 88.4 Å². The number of guanidine groups is 1. The van der Waals surface area contributed by atoms with Gasteiger partial charge in [-0.25, -0.2) is 4.79 Å². The van der Waals surface area contributed by atoms with E-state index in [-0.39, 0.29) is 120 Å². The van der Waals surface area contributed by atoms with Gasteiger partial charge in [0.05, 0.1) is 47.8 Å². The number of hydrogen-bond acceptors (Lipinski definition) is 25. The molecule has 0 radical (unpaired) electrons. The summed E-state index contributed by atoms with van der Waals surface area (Å²) in [5.41, 5.74) is 22.5. The number of phenolic OH excluding ortho intramolecular Hbond substituents is 1. The highest BCUT2D eigenvalue weighted by molar-refractivity contribution is 8.08. The smallest absolute Gasteiger partial charge is 0.327 e. The van der Waals surface area contributed by atoms with Crippen LogP contribution in [-0.4, -0.2) is 247 Å². The number of carbonyl (C=O) groups is 17. The Morgan fingerprint density at radius 2 is 1.21 bits per heavy atom. The van der Waals surface area contributed by atoms with E-state index in [2.05, 4.69) is 58.2 Å². The lowest BCUT2D eigenvalue weighted by Gasteiger charge is -2.28. The molecule has 1 heterocycles. The second-order valence-corrected chi connectivity index (χ2v) is 28.3. The average Bonchev–Trinajstić information content (AvgIpc) is 1.39. The zero-order chi connectivity index (χ0) is 79.8. The quantitative estimate of drug-likeness (QED) is 0.0129. The molecule has 1 aliphatic heterocycles. The second-order valence-electron chi connectivity index (χ2n) is 24.8. The number of nitrogens with two attached hydrogens (primary N) is 4. The van der Waals surface area contributed by atoms with Crippen LogP contribution in [0.4, 0.5) is 5.69 Å². The van der Waals surface area contributed by atoms with Gasteiger partial charge >= 0.3 is 11.9 Å². The molecule has 107 heavy (non-hydrogen) atoms. The maximum Gasteiger partial charge on any atom is 0.327 e. The van der Waals surface area contributed by atoms with E-state index in [1.165, 1.54) is 61.2 Å². The number of amides is 13. The Morgan fingerprint density at radius 3 is 1.79 bits per heavy atom. The van der Waals surface area contributed by atoms with Gasteiger partial charge in [-0.15, -0.1) is 35.3 Å². The summed E-state index contributed by atoms with van der Waals surface area (Å²) < 4.78 is 0. The number of aliphatic hydroxyl groups excluding tert-OH is 2. The summed E-state index contributed by atoms with van der Waals surface area (Å²) in [5, 5.41) is 71.6. The van der Waals surface area contributed by atoms with Crippen LogP contribution in [0.5, 0.6) is 5.75 Å². The minimum absolute atomic E-state index is 0.00719. The first-order valence-electron chi connectivity index (χ1n) is 33.8. The summed E-state index contributed by atoms with van der Waals surface area (Å²) in [6.45, 7) is 3.52. The Balaban J connectivity index is 1.44. The largest absolute Gasteiger partial charge is 0.508 e. The minimum Gasteiger partial charge on any atom is -0.508 e. The number of hydrogen-bond donors (Lipinski definition) is 19. The summed E-state index contributed by atoms with van der Waals surface area (Å²) in [7, 11) is 0. The maximum absolute atomic E-state index is 14.4. The first-order chi connectivity index (χ1) is 50.6. The molecule has 38 nitrogen and oxygen atoms in total. The summed E-state index contributed by atoms with van der Waals surface area (Å²) >= 11 is 3.09. The summed E-state index contributed by atoms with van der Waals surface area (Å²) in [4.78, 5) is 231. The number of carboxylic acids is 2. The predicted octanol–water partition coefficient (Wildman–Crippen LogP) is -4.44. The number of anilines is 1. The van der Waals surface area contributed by atoms with Crippen molar-refractivity contribution in [3.63, 3.8) is 0 Å². The molecule has 23 N–H and O–H groups in total. The molecule has 13 amide bonds. The lowest BCUT2D eigenvalue weighted by atomic mass is 9.94. The summed E-state index contributed by atoms with van der Waals surface area (Å²) in [6, 6.07) is -4.13. The van der Waals surface area contributed by atoms with E-state index in [9.17, 15) is 107 Å². The molecule has 41 heteroatoms. The van der Waals surface area contributed by atoms with Crippen molar-refractivity contribution in [3.8, 4) is 5.75 Å². The molecule has 0 saturated carbocycles. The third-order valence-corrected chi connectivity index (χ3v) is 19.5. The van der Waals surface area contributed by atoms with E-state index < -0.39 is 199 Å². The first kappa shape index (κ1) is 89.2. The molecule has 2 aromatic carbocycles. The number of fused-ring (bicyclic) bond motifs is 1. The minimum atomic E-state index is -2.04. The van der Waals surface area contributed by atoms with Gasteiger partial charge in [0.15, 0.2) is 5.96 Å². The van der Waals surface area contributed by atoms with E-state index in [4.69, 9.17) is 22.9 Å². The number of aliphatic imine (C=N–C) groups is 1. The Hall–Kier alpha value is -10.2. The van der Waals surface area contributed by atoms with Crippen molar-refractivity contribution in [3.05, 3.63) is 69.0 Å². The predicted molar refractivity (Wildman–Crippen MR) is 390 cm³/mol. The Labute approximate surface area is 626 Å². The number of rotatable bonds is 47. The Bertz CT molecular complexity index is 3690. The molecule has 9 atom stereocenters. The fourth-order valence-corrected chi connectivity index (χ4v) is 13.5.